The summed E-state index contributed by atoms with van der Waals surface area (Å²) >= 11 is 0. The monoisotopic (exact) mass is 162 g/mol. The van der Waals surface area contributed by atoms with Crippen molar-refractivity contribution in [1.82, 2.24) is 0 Å². The normalized spacial score (nSPS) is 9.73. The van der Waals surface area contributed by atoms with Crippen LogP contribution < -0.4 is 4.57 Å². The third kappa shape index (κ3) is 1.83. The smallest absolute Gasteiger partial charge is 0.189 e. The minimum atomic E-state index is 0.974. The molecule has 0 aliphatic carbocycles. The molecule has 0 aliphatic rings. The van der Waals surface area contributed by atoms with Gasteiger partial charge in [0.2, 0.25) is 0 Å². The molecule has 1 aromatic carbocycles. The largest absolute Gasteiger partial charge is 0.399 e. The van der Waals surface area contributed by atoms with Gasteiger partial charge in [-0.3, -0.25) is 0 Å². The number of nitrogens with zero attached hydrogens (tertiary/aromatic N) is 1. The SMILES string of the molecule is CCN([Si])c1ccccc1C. The summed E-state index contributed by atoms with van der Waals surface area (Å²) in [5.41, 5.74) is 2.54. The van der Waals surface area contributed by atoms with E-state index in [9.17, 15) is 0 Å². The second-order valence-corrected chi connectivity index (χ2v) is 3.07. The fraction of sp³-hybridized carbons (Fsp3) is 0.333. The number of rotatable bonds is 2. The Kier molecular flexibility index (Phi) is 2.71. The van der Waals surface area contributed by atoms with E-state index in [2.05, 4.69) is 47.0 Å². The summed E-state index contributed by atoms with van der Waals surface area (Å²) in [5.74, 6) is 0. The lowest BCUT2D eigenvalue weighted by Crippen LogP contribution is -2.18. The summed E-state index contributed by atoms with van der Waals surface area (Å²) in [6.07, 6.45) is 0. The summed E-state index contributed by atoms with van der Waals surface area (Å²) in [6, 6.07) is 8.31. The van der Waals surface area contributed by atoms with E-state index in [0.717, 1.165) is 6.54 Å². The van der Waals surface area contributed by atoms with Gasteiger partial charge < -0.3 is 4.57 Å². The zero-order chi connectivity index (χ0) is 8.27. The molecular weight excluding hydrogens is 150 g/mol. The van der Waals surface area contributed by atoms with Crippen LogP contribution in [0.4, 0.5) is 5.69 Å². The fourth-order valence-corrected chi connectivity index (χ4v) is 1.29. The predicted octanol–water partition coefficient (Wildman–Crippen LogP) is 1.90. The average Bonchev–Trinajstić information content (AvgIpc) is 2.04. The molecule has 11 heavy (non-hydrogen) atoms. The molecule has 0 spiro atoms. The van der Waals surface area contributed by atoms with Crippen molar-refractivity contribution in [1.29, 1.82) is 0 Å². The highest BCUT2D eigenvalue weighted by Gasteiger charge is 1.99. The minimum Gasteiger partial charge on any atom is -0.399 e. The van der Waals surface area contributed by atoms with Crippen molar-refractivity contribution in [3.63, 3.8) is 0 Å². The highest BCUT2D eigenvalue weighted by molar-refractivity contribution is 6.18. The first kappa shape index (κ1) is 8.33. The molecule has 1 rings (SSSR count). The van der Waals surface area contributed by atoms with Gasteiger partial charge in [0.05, 0.1) is 0 Å². The molecule has 0 aromatic heterocycles. The zero-order valence-corrected chi connectivity index (χ0v) is 7.96. The lowest BCUT2D eigenvalue weighted by Gasteiger charge is -2.18. The van der Waals surface area contributed by atoms with E-state index >= 15 is 0 Å². The first-order valence-corrected chi connectivity index (χ1v) is 4.25. The number of hydrogen-bond acceptors (Lipinski definition) is 1. The van der Waals surface area contributed by atoms with Crippen molar-refractivity contribution in [2.75, 3.05) is 11.1 Å². The number of hydrogen-bond donors (Lipinski definition) is 0. The highest BCUT2D eigenvalue weighted by Crippen LogP contribution is 2.16. The number of aryl methyl sites for hydroxylation is 1. The van der Waals surface area contributed by atoms with Gasteiger partial charge in [0.1, 0.15) is 0 Å². The zero-order valence-electron chi connectivity index (χ0n) is 6.96. The molecule has 0 bridgehead atoms. The number of benzene rings is 1. The Balaban J connectivity index is 2.93. The average molecular weight is 162 g/mol. The minimum absolute atomic E-state index is 0.974. The molecule has 57 valence electrons. The van der Waals surface area contributed by atoms with Crippen LogP contribution in [-0.4, -0.2) is 16.9 Å². The Morgan fingerprint density at radius 1 is 1.36 bits per heavy atom. The van der Waals surface area contributed by atoms with Crippen molar-refractivity contribution in [2.45, 2.75) is 13.8 Å². The van der Waals surface area contributed by atoms with Crippen molar-refractivity contribution >= 4 is 16.1 Å². The molecule has 0 unspecified atom stereocenters. The second-order valence-electron chi connectivity index (χ2n) is 2.53. The van der Waals surface area contributed by atoms with Crippen LogP contribution in [-0.2, 0) is 0 Å². The van der Waals surface area contributed by atoms with E-state index in [4.69, 9.17) is 0 Å². The molecule has 1 nitrogen and oxygen atoms in total. The van der Waals surface area contributed by atoms with Gasteiger partial charge >= 0.3 is 0 Å². The third-order valence-corrected chi connectivity index (χ3v) is 2.28. The maximum atomic E-state index is 3.52. The summed E-state index contributed by atoms with van der Waals surface area (Å²) in [5, 5.41) is 0. The Morgan fingerprint density at radius 3 is 2.55 bits per heavy atom. The van der Waals surface area contributed by atoms with E-state index in [1.165, 1.54) is 11.3 Å². The van der Waals surface area contributed by atoms with Crippen molar-refractivity contribution in [3.05, 3.63) is 29.8 Å². The van der Waals surface area contributed by atoms with Crippen LogP contribution in [0.25, 0.3) is 0 Å². The van der Waals surface area contributed by atoms with Gasteiger partial charge in [-0.1, -0.05) is 18.2 Å². The van der Waals surface area contributed by atoms with Crippen LogP contribution in [0.5, 0.6) is 0 Å². The highest BCUT2D eigenvalue weighted by atomic mass is 28.2. The fourth-order valence-electron chi connectivity index (χ4n) is 1.04. The first-order chi connectivity index (χ1) is 5.25. The van der Waals surface area contributed by atoms with Crippen LogP contribution in [0.3, 0.4) is 0 Å². The molecule has 0 saturated heterocycles. The van der Waals surface area contributed by atoms with E-state index < -0.39 is 0 Å². The van der Waals surface area contributed by atoms with E-state index in [-0.39, 0.29) is 0 Å². The first-order valence-electron chi connectivity index (χ1n) is 3.80. The maximum Gasteiger partial charge on any atom is 0.189 e. The quantitative estimate of drug-likeness (QED) is 0.600. The Hall–Kier alpha value is -0.763. The van der Waals surface area contributed by atoms with Crippen molar-refractivity contribution in [2.24, 2.45) is 0 Å². The van der Waals surface area contributed by atoms with Gasteiger partial charge in [-0.05, 0) is 25.5 Å². The van der Waals surface area contributed by atoms with Crippen LogP contribution in [0, 0.1) is 6.92 Å². The second kappa shape index (κ2) is 3.58. The Labute approximate surface area is 71.5 Å². The molecule has 0 N–H and O–H groups in total. The van der Waals surface area contributed by atoms with E-state index in [0.29, 0.717) is 0 Å². The van der Waals surface area contributed by atoms with Gasteiger partial charge in [0.15, 0.2) is 10.4 Å². The Morgan fingerprint density at radius 2 is 2.00 bits per heavy atom. The molecule has 0 aliphatic heterocycles. The number of anilines is 1. The maximum absolute atomic E-state index is 3.52. The lowest BCUT2D eigenvalue weighted by atomic mass is 10.2. The van der Waals surface area contributed by atoms with Gasteiger partial charge in [0.25, 0.3) is 0 Å². The summed E-state index contributed by atoms with van der Waals surface area (Å²) in [4.78, 5) is 0. The van der Waals surface area contributed by atoms with Crippen LogP contribution in [0.15, 0.2) is 24.3 Å². The topological polar surface area (TPSA) is 3.24 Å². The molecule has 3 radical (unpaired) electrons. The van der Waals surface area contributed by atoms with E-state index in [1.54, 1.807) is 0 Å². The van der Waals surface area contributed by atoms with Gasteiger partial charge in [-0.2, -0.15) is 0 Å². The Bertz CT molecular complexity index is 235. The van der Waals surface area contributed by atoms with E-state index in [1.807, 2.05) is 6.07 Å². The van der Waals surface area contributed by atoms with Gasteiger partial charge in [0, 0.05) is 12.2 Å². The molecule has 0 atom stereocenters. The molecular formula is C9H12NSi. The summed E-state index contributed by atoms with van der Waals surface area (Å²) < 4.78 is 2.05. The third-order valence-electron chi connectivity index (χ3n) is 1.72. The molecule has 0 saturated carbocycles. The molecule has 0 amide bonds. The van der Waals surface area contributed by atoms with Crippen molar-refractivity contribution in [3.8, 4) is 0 Å². The molecule has 1 aromatic rings. The molecule has 0 heterocycles. The summed E-state index contributed by atoms with van der Waals surface area (Å²) in [7, 11) is 3.52. The molecule has 2 heteroatoms. The van der Waals surface area contributed by atoms with Gasteiger partial charge in [-0.15, -0.1) is 0 Å². The lowest BCUT2D eigenvalue weighted by molar-refractivity contribution is 1.09. The summed E-state index contributed by atoms with van der Waals surface area (Å²) in [6.45, 7) is 5.19. The van der Waals surface area contributed by atoms with Crippen molar-refractivity contribution < 1.29 is 0 Å². The predicted molar refractivity (Wildman–Crippen MR) is 50.0 cm³/mol. The van der Waals surface area contributed by atoms with Crippen LogP contribution in [0.2, 0.25) is 0 Å². The standard InChI is InChI=1S/C9H12NSi/c1-3-10(11)9-7-5-4-6-8(9)2/h4-7H,3H2,1-2H3. The van der Waals surface area contributed by atoms with Crippen LogP contribution >= 0.6 is 0 Å². The van der Waals surface area contributed by atoms with Crippen LogP contribution in [0.1, 0.15) is 12.5 Å². The van der Waals surface area contributed by atoms with Gasteiger partial charge in [-0.25, -0.2) is 0 Å². The number of para-hydroxylation sites is 1. The molecule has 0 fully saturated rings.